The lowest BCUT2D eigenvalue weighted by atomic mass is 10.1. The van der Waals surface area contributed by atoms with E-state index < -0.39 is 28.6 Å². The Bertz CT molecular complexity index is 979. The second kappa shape index (κ2) is 7.30. The van der Waals surface area contributed by atoms with Crippen molar-refractivity contribution in [1.82, 2.24) is 0 Å². The van der Waals surface area contributed by atoms with Crippen molar-refractivity contribution in [2.45, 2.75) is 13.0 Å². The average molecular weight is 389 g/mol. The van der Waals surface area contributed by atoms with Crippen molar-refractivity contribution >= 4 is 33.9 Å². The van der Waals surface area contributed by atoms with Crippen molar-refractivity contribution in [3.63, 3.8) is 0 Å². The van der Waals surface area contributed by atoms with Crippen LogP contribution < -0.4 is 14.8 Å². The van der Waals surface area contributed by atoms with Gasteiger partial charge >= 0.3 is 5.97 Å². The summed E-state index contributed by atoms with van der Waals surface area (Å²) in [5, 5.41) is 24.6. The molecule has 1 aromatic carbocycles. The van der Waals surface area contributed by atoms with Gasteiger partial charge in [-0.05, 0) is 18.4 Å². The number of carbonyl (C=O) groups excluding carboxylic acids is 2. The van der Waals surface area contributed by atoms with Gasteiger partial charge in [0, 0.05) is 6.07 Å². The van der Waals surface area contributed by atoms with Crippen molar-refractivity contribution in [2.75, 3.05) is 12.1 Å². The molecule has 0 fully saturated rings. The van der Waals surface area contributed by atoms with Gasteiger partial charge in [0.1, 0.15) is 16.6 Å². The highest BCUT2D eigenvalue weighted by molar-refractivity contribution is 7.14. The summed E-state index contributed by atoms with van der Waals surface area (Å²) in [6.07, 6.45) is -1.25. The van der Waals surface area contributed by atoms with Crippen LogP contribution in [0, 0.1) is 21.4 Å². The summed E-state index contributed by atoms with van der Waals surface area (Å²) < 4.78 is 15.2. The molecule has 138 valence electrons. The summed E-state index contributed by atoms with van der Waals surface area (Å²) in [7, 11) is 0. The van der Waals surface area contributed by atoms with Gasteiger partial charge in [0.2, 0.25) is 6.79 Å². The first-order chi connectivity index (χ1) is 12.9. The number of nitrogens with one attached hydrogen (secondary N) is 1. The number of benzene rings is 1. The van der Waals surface area contributed by atoms with Crippen LogP contribution in [0.4, 0.5) is 10.7 Å². The van der Waals surface area contributed by atoms with E-state index in [9.17, 15) is 19.7 Å². The fraction of sp³-hybridized carbons (Fsp3) is 0.188. The smallest absolute Gasteiger partial charge is 0.346 e. The van der Waals surface area contributed by atoms with Crippen molar-refractivity contribution in [2.24, 2.45) is 0 Å². The van der Waals surface area contributed by atoms with Gasteiger partial charge < -0.3 is 19.5 Å². The predicted molar refractivity (Wildman–Crippen MR) is 91.8 cm³/mol. The maximum absolute atomic E-state index is 12.4. The molecule has 1 aliphatic heterocycles. The van der Waals surface area contributed by atoms with Gasteiger partial charge in [0.15, 0.2) is 17.6 Å². The summed E-state index contributed by atoms with van der Waals surface area (Å²) in [6.45, 7) is 1.19. The van der Waals surface area contributed by atoms with Crippen LogP contribution in [0.5, 0.6) is 11.5 Å². The maximum atomic E-state index is 12.4. The number of rotatable bonds is 5. The fourth-order valence-electron chi connectivity index (χ4n) is 2.23. The Morgan fingerprint density at radius 1 is 1.41 bits per heavy atom. The van der Waals surface area contributed by atoms with Crippen LogP contribution >= 0.6 is 11.3 Å². The van der Waals surface area contributed by atoms with E-state index in [0.717, 1.165) is 23.5 Å². The Balaban J connectivity index is 1.76. The van der Waals surface area contributed by atoms with E-state index in [1.165, 1.54) is 13.0 Å². The number of hydrogen-bond acceptors (Lipinski definition) is 9. The van der Waals surface area contributed by atoms with Gasteiger partial charge in [0.25, 0.3) is 11.6 Å². The summed E-state index contributed by atoms with van der Waals surface area (Å²) in [6, 6.07) is 5.66. The van der Waals surface area contributed by atoms with Gasteiger partial charge in [-0.25, -0.2) is 4.79 Å². The molecular weight excluding hydrogens is 378 g/mol. The number of anilines is 1. The minimum Gasteiger partial charge on any atom is -0.454 e. The first kappa shape index (κ1) is 18.2. The minimum atomic E-state index is -1.25. The fourth-order valence-corrected chi connectivity index (χ4v) is 2.97. The molecule has 1 aliphatic rings. The second-order valence-corrected chi connectivity index (χ2v) is 6.21. The van der Waals surface area contributed by atoms with Gasteiger partial charge in [0.05, 0.1) is 16.6 Å². The number of esters is 1. The molecule has 2 heterocycles. The SMILES string of the molecule is CC(OC(=O)c1cc2c(cc1[N+](=O)[O-])OCO2)C(=O)Nc1sccc1C#N. The summed E-state index contributed by atoms with van der Waals surface area (Å²) in [4.78, 5) is 35.0. The summed E-state index contributed by atoms with van der Waals surface area (Å²) in [5.74, 6) is -1.42. The van der Waals surface area contributed by atoms with Crippen LogP contribution in [0.1, 0.15) is 22.8 Å². The molecule has 0 saturated carbocycles. The summed E-state index contributed by atoms with van der Waals surface area (Å²) in [5.41, 5.74) is -0.613. The molecule has 0 spiro atoms. The topological polar surface area (TPSA) is 141 Å². The minimum absolute atomic E-state index is 0.119. The highest BCUT2D eigenvalue weighted by atomic mass is 32.1. The van der Waals surface area contributed by atoms with E-state index in [1.807, 2.05) is 6.07 Å². The molecule has 27 heavy (non-hydrogen) atoms. The zero-order valence-electron chi connectivity index (χ0n) is 13.8. The molecule has 0 bridgehead atoms. The molecule has 0 radical (unpaired) electrons. The number of hydrogen-bond donors (Lipinski definition) is 1. The predicted octanol–water partition coefficient (Wildman–Crippen LogP) is 2.44. The van der Waals surface area contributed by atoms with E-state index in [4.69, 9.17) is 19.5 Å². The Morgan fingerprint density at radius 2 is 2.11 bits per heavy atom. The monoisotopic (exact) mass is 389 g/mol. The van der Waals surface area contributed by atoms with Crippen LogP contribution in [0.25, 0.3) is 0 Å². The number of nitro groups is 1. The van der Waals surface area contributed by atoms with Crippen molar-refractivity contribution in [1.29, 1.82) is 5.26 Å². The lowest BCUT2D eigenvalue weighted by Crippen LogP contribution is -2.30. The number of amides is 1. The summed E-state index contributed by atoms with van der Waals surface area (Å²) >= 11 is 1.14. The van der Waals surface area contributed by atoms with E-state index in [0.29, 0.717) is 5.00 Å². The molecule has 0 aliphatic carbocycles. The van der Waals surface area contributed by atoms with Crippen LogP contribution in [0.2, 0.25) is 0 Å². The lowest BCUT2D eigenvalue weighted by Gasteiger charge is -2.13. The van der Waals surface area contributed by atoms with Crippen molar-refractivity contribution < 1.29 is 28.7 Å². The molecule has 0 saturated heterocycles. The molecule has 1 amide bonds. The average Bonchev–Trinajstić information content (AvgIpc) is 3.28. The highest BCUT2D eigenvalue weighted by Crippen LogP contribution is 2.38. The molecular formula is C16H11N3O7S. The lowest BCUT2D eigenvalue weighted by molar-refractivity contribution is -0.385. The number of nitrogens with zero attached hydrogens (tertiary/aromatic N) is 2. The van der Waals surface area contributed by atoms with Crippen LogP contribution in [0.15, 0.2) is 23.6 Å². The Kier molecular flexibility index (Phi) is 4.91. The number of carbonyl (C=O) groups is 2. The molecule has 1 aromatic heterocycles. The quantitative estimate of drug-likeness (QED) is 0.467. The van der Waals surface area contributed by atoms with Gasteiger partial charge in [-0.1, -0.05) is 0 Å². The van der Waals surface area contributed by atoms with Crippen LogP contribution in [0.3, 0.4) is 0 Å². The number of nitro benzene ring substituents is 1. The molecule has 1 N–H and O–H groups in total. The molecule has 1 unspecified atom stereocenters. The second-order valence-electron chi connectivity index (χ2n) is 5.29. The maximum Gasteiger partial charge on any atom is 0.346 e. The van der Waals surface area contributed by atoms with Crippen molar-refractivity contribution in [3.8, 4) is 17.6 Å². The Hall–Kier alpha value is -3.65. The Labute approximate surface area is 156 Å². The number of fused-ring (bicyclic) bond motifs is 1. The van der Waals surface area contributed by atoms with E-state index in [1.54, 1.807) is 5.38 Å². The third-order valence-electron chi connectivity index (χ3n) is 3.58. The first-order valence-corrected chi connectivity index (χ1v) is 8.36. The highest BCUT2D eigenvalue weighted by Gasteiger charge is 2.30. The number of ether oxygens (including phenoxy) is 3. The standard InChI is InChI=1S/C16H11N3O7S/c1-8(14(20)18-15-9(6-17)2-3-27-15)26-16(21)10-4-12-13(25-7-24-12)5-11(10)19(22)23/h2-5,8H,7H2,1H3,(H,18,20). The van der Waals surface area contributed by atoms with E-state index >= 15 is 0 Å². The third kappa shape index (κ3) is 3.65. The zero-order chi connectivity index (χ0) is 19.6. The normalized spacial score (nSPS) is 12.7. The zero-order valence-corrected chi connectivity index (χ0v) is 14.6. The van der Waals surface area contributed by atoms with Gasteiger partial charge in [-0.3, -0.25) is 14.9 Å². The van der Waals surface area contributed by atoms with E-state index in [-0.39, 0.29) is 29.4 Å². The van der Waals surface area contributed by atoms with E-state index in [2.05, 4.69) is 5.32 Å². The largest absolute Gasteiger partial charge is 0.454 e. The molecule has 2 aromatic rings. The van der Waals surface area contributed by atoms with Crippen molar-refractivity contribution in [3.05, 3.63) is 44.8 Å². The van der Waals surface area contributed by atoms with Gasteiger partial charge in [-0.15, -0.1) is 11.3 Å². The third-order valence-corrected chi connectivity index (χ3v) is 4.41. The van der Waals surface area contributed by atoms with Crippen LogP contribution in [-0.2, 0) is 9.53 Å². The van der Waals surface area contributed by atoms with Crippen LogP contribution in [-0.4, -0.2) is 29.7 Å². The Morgan fingerprint density at radius 3 is 2.78 bits per heavy atom. The number of thiophene rings is 1. The molecule has 3 rings (SSSR count). The molecule has 1 atom stereocenters. The van der Waals surface area contributed by atoms with Gasteiger partial charge in [-0.2, -0.15) is 5.26 Å². The molecule has 10 nitrogen and oxygen atoms in total. The first-order valence-electron chi connectivity index (χ1n) is 7.48. The number of nitriles is 1. The molecule has 11 heteroatoms.